The molecule has 0 aromatic rings. The molecule has 0 rings (SSSR count). The van der Waals surface area contributed by atoms with Crippen molar-refractivity contribution in [2.24, 2.45) is 0 Å². The smallest absolute Gasteiger partial charge is 0.870 e. The summed E-state index contributed by atoms with van der Waals surface area (Å²) in [4.78, 5) is 8.33. The van der Waals surface area contributed by atoms with E-state index in [2.05, 4.69) is 0 Å². The Labute approximate surface area is 66.1 Å². The Morgan fingerprint density at radius 3 is 1.25 bits per heavy atom. The summed E-state index contributed by atoms with van der Waals surface area (Å²) in [6.45, 7) is 0. The molecule has 0 aliphatic carbocycles. The van der Waals surface area contributed by atoms with Crippen molar-refractivity contribution >= 4 is 6.16 Å². The molecule has 0 aliphatic heterocycles. The van der Waals surface area contributed by atoms with Crippen molar-refractivity contribution in [2.75, 3.05) is 0 Å². The molecule has 0 amide bonds. The van der Waals surface area contributed by atoms with Gasteiger partial charge in [-0.1, -0.05) is 0 Å². The van der Waals surface area contributed by atoms with Crippen molar-refractivity contribution in [1.82, 2.24) is 0 Å². The Morgan fingerprint density at radius 2 is 1.25 bits per heavy atom. The predicted octanol–water partition coefficient (Wildman–Crippen LogP) is -3.45. The van der Waals surface area contributed by atoms with Crippen LogP contribution in [0.4, 0.5) is 4.79 Å². The van der Waals surface area contributed by atoms with Crippen molar-refractivity contribution in [3.05, 3.63) is 0 Å². The van der Waals surface area contributed by atoms with E-state index >= 15 is 0 Å². The number of rotatable bonds is 0. The minimum absolute atomic E-state index is 0. The molecule has 0 saturated heterocycles. The number of carbonyl (C=O) groups excluding carboxylic acids is 1. The normalized spacial score (nSPS) is 3.00. The fourth-order valence-electron chi connectivity index (χ4n) is 0. The number of carboxylic acid groups (broad SMARTS) is 2. The van der Waals surface area contributed by atoms with Crippen LogP contribution in [-0.2, 0) is 33.6 Å². The van der Waals surface area contributed by atoms with Crippen LogP contribution in [0.3, 0.4) is 0 Å². The Hall–Kier alpha value is 0.203. The molecule has 8 heavy (non-hydrogen) atoms. The Kier molecular flexibility index (Phi) is 140. The first kappa shape index (κ1) is 41.5. The molecule has 0 atom stereocenters. The summed E-state index contributed by atoms with van der Waals surface area (Å²) in [7, 11) is 0. The van der Waals surface area contributed by atoms with E-state index < -0.39 is 6.16 Å². The van der Waals surface area contributed by atoms with Crippen molar-refractivity contribution in [3.8, 4) is 0 Å². The van der Waals surface area contributed by atoms with Crippen LogP contribution in [0.2, 0.25) is 0 Å². The second-order valence-electron chi connectivity index (χ2n) is 0.250. The summed E-state index contributed by atoms with van der Waals surface area (Å²) in [5.74, 6) is 0. The molecule has 0 aromatic heterocycles. The molecule has 3 N–H and O–H groups in total. The molecule has 7 heteroatoms. The number of hydrogen-bond donors (Lipinski definition) is 0. The second-order valence-corrected chi connectivity index (χ2v) is 0.250. The van der Waals surface area contributed by atoms with Crippen LogP contribution >= 0.6 is 0 Å². The topological polar surface area (TPSA) is 125 Å². The van der Waals surface area contributed by atoms with Gasteiger partial charge in [-0.05, 0) is 6.16 Å². The van der Waals surface area contributed by atoms with Crippen LogP contribution in [0.25, 0.3) is 0 Å². The molecule has 0 saturated carbocycles. The van der Waals surface area contributed by atoms with Gasteiger partial charge in [-0.15, -0.1) is 0 Å². The summed E-state index contributed by atoms with van der Waals surface area (Å²) >= 11 is 0. The van der Waals surface area contributed by atoms with Gasteiger partial charge in [0.05, 0.1) is 0 Å². The van der Waals surface area contributed by atoms with Crippen molar-refractivity contribution in [3.63, 3.8) is 0 Å². The van der Waals surface area contributed by atoms with E-state index in [-0.39, 0.29) is 44.5 Å². The fourth-order valence-corrected chi connectivity index (χ4v) is 0. The Bertz CT molecular complexity index is 35.4. The summed E-state index contributed by atoms with van der Waals surface area (Å²) in [5, 5.41) is 16.7. The standard InChI is InChI=1S/CH2O3.Fe.Ni.2H2O/c2-1(3)4;;;;/h(H2,2,3,4);;;2*1H2/q;+3;+2;;/p-3. The predicted molar refractivity (Wildman–Crippen MR) is 10.9 cm³/mol. The van der Waals surface area contributed by atoms with Gasteiger partial charge in [0.2, 0.25) is 0 Å². The minimum atomic E-state index is -2.33. The summed E-state index contributed by atoms with van der Waals surface area (Å²) in [6, 6.07) is 0. The van der Waals surface area contributed by atoms with E-state index in [4.69, 9.17) is 15.0 Å². The fraction of sp³-hybridized carbons (Fsp3) is 0. The van der Waals surface area contributed by atoms with Crippen molar-refractivity contribution in [2.45, 2.75) is 0 Å². The van der Waals surface area contributed by atoms with E-state index in [9.17, 15) is 0 Å². The maximum Gasteiger partial charge on any atom is 3.00 e. The van der Waals surface area contributed by atoms with Gasteiger partial charge in [0.1, 0.15) is 0 Å². The average Bonchev–Trinajstić information content (AvgIpc) is 0.811. The van der Waals surface area contributed by atoms with Gasteiger partial charge in [-0.3, -0.25) is 0 Å². The largest absolute Gasteiger partial charge is 3.00 e. The van der Waals surface area contributed by atoms with Gasteiger partial charge in [0.15, 0.2) is 0 Å². The molecular weight excluding hydrogens is 207 g/mol. The Morgan fingerprint density at radius 1 is 1.25 bits per heavy atom. The Balaban J connectivity index is -0.00000000750. The minimum Gasteiger partial charge on any atom is -0.870 e. The molecule has 1 radical (unpaired) electrons. The van der Waals surface area contributed by atoms with Gasteiger partial charge in [0.25, 0.3) is 0 Å². The molecule has 53 valence electrons. The third-order valence-electron chi connectivity index (χ3n) is 0. The van der Waals surface area contributed by atoms with E-state index in [1.165, 1.54) is 0 Å². The van der Waals surface area contributed by atoms with E-state index in [1.807, 2.05) is 0 Å². The van der Waals surface area contributed by atoms with Gasteiger partial charge in [0, 0.05) is 0 Å². The molecule has 0 aromatic carbocycles. The third kappa shape index (κ3) is 4080. The molecule has 0 fully saturated rings. The molecule has 0 unspecified atom stereocenters. The molecule has 5 nitrogen and oxygen atoms in total. The molecule has 0 spiro atoms. The van der Waals surface area contributed by atoms with Gasteiger partial charge in [-0.25, -0.2) is 0 Å². The quantitative estimate of drug-likeness (QED) is 0.385. The summed E-state index contributed by atoms with van der Waals surface area (Å²) in [5.41, 5.74) is 0. The van der Waals surface area contributed by atoms with Crippen molar-refractivity contribution in [1.29, 1.82) is 0 Å². The second kappa shape index (κ2) is 27.0. The zero-order valence-electron chi connectivity index (χ0n) is 3.34. The van der Waals surface area contributed by atoms with E-state index in [0.29, 0.717) is 0 Å². The van der Waals surface area contributed by atoms with E-state index in [1.54, 1.807) is 0 Å². The van der Waals surface area contributed by atoms with Crippen LogP contribution in [0.5, 0.6) is 0 Å². The first-order valence-corrected chi connectivity index (χ1v) is 0.612. The van der Waals surface area contributed by atoms with Crippen LogP contribution in [0.1, 0.15) is 0 Å². The first-order valence-electron chi connectivity index (χ1n) is 0.612. The number of carbonyl (C=O) groups is 1. The van der Waals surface area contributed by atoms with Gasteiger partial charge in [-0.2, -0.15) is 0 Å². The maximum atomic E-state index is 8.33. The molecule has 0 heterocycles. The molecule has 0 aliphatic rings. The monoisotopic (exact) mass is 209 g/mol. The van der Waals surface area contributed by atoms with Crippen molar-refractivity contribution < 1.29 is 59.5 Å². The summed E-state index contributed by atoms with van der Waals surface area (Å²) < 4.78 is 0. The van der Waals surface area contributed by atoms with Crippen LogP contribution in [0.15, 0.2) is 0 Å². The maximum absolute atomic E-state index is 8.33. The van der Waals surface area contributed by atoms with Crippen LogP contribution in [0, 0.1) is 0 Å². The first-order chi connectivity index (χ1) is 1.73. The van der Waals surface area contributed by atoms with Gasteiger partial charge < -0.3 is 26.0 Å². The molecular formula is CH3FeNiO5+2. The zero-order chi connectivity index (χ0) is 3.58. The van der Waals surface area contributed by atoms with Gasteiger partial charge >= 0.3 is 33.6 Å². The SMILES string of the molecule is O.O=C([O-])[O-].[Fe+3].[Ni+2].[OH-]. The summed E-state index contributed by atoms with van der Waals surface area (Å²) in [6.07, 6.45) is -2.33. The number of hydrogen-bond acceptors (Lipinski definition) is 4. The average molecular weight is 210 g/mol. The third-order valence-corrected chi connectivity index (χ3v) is 0. The molecule has 0 bridgehead atoms. The zero-order valence-corrected chi connectivity index (χ0v) is 5.43. The van der Waals surface area contributed by atoms with Crippen LogP contribution in [-0.4, -0.2) is 17.1 Å². The van der Waals surface area contributed by atoms with E-state index in [0.717, 1.165) is 0 Å². The van der Waals surface area contributed by atoms with Crippen LogP contribution < -0.4 is 10.2 Å².